The Morgan fingerprint density at radius 3 is 2.56 bits per heavy atom. The van der Waals surface area contributed by atoms with Crippen LogP contribution in [-0.4, -0.2) is 11.9 Å². The van der Waals surface area contributed by atoms with Crippen molar-refractivity contribution in [3.63, 3.8) is 0 Å². The summed E-state index contributed by atoms with van der Waals surface area (Å²) in [6, 6.07) is 0.206. The van der Waals surface area contributed by atoms with Gasteiger partial charge in [-0.1, -0.05) is 37.1 Å². The minimum atomic E-state index is 0.0709. The van der Waals surface area contributed by atoms with E-state index in [1.54, 1.807) is 0 Å². The molecule has 1 amide bonds. The lowest BCUT2D eigenvalue weighted by Gasteiger charge is -2.09. The minimum absolute atomic E-state index is 0.0709. The Labute approximate surface area is 99.8 Å². The Balaban J connectivity index is 3.91. The average molecular weight is 223 g/mol. The quantitative estimate of drug-likeness (QED) is 0.656. The number of nitrogens with one attached hydrogen (secondary N) is 1. The van der Waals surface area contributed by atoms with Crippen molar-refractivity contribution in [2.24, 2.45) is 0 Å². The lowest BCUT2D eigenvalue weighted by Crippen LogP contribution is -2.30. The number of allylic oxidation sites excluding steroid dienone is 2. The summed E-state index contributed by atoms with van der Waals surface area (Å²) < 4.78 is 0. The molecule has 92 valence electrons. The van der Waals surface area contributed by atoms with Crippen LogP contribution in [0.5, 0.6) is 0 Å². The third-order valence-corrected chi connectivity index (χ3v) is 2.24. The standard InChI is InChI=1S/C14H25NO/c1-6-7-12(4)8-9-13(5)10-14(16)15-11(2)3/h8,11H,5-7,9-10H2,1-4H3,(H,15,16)/b12-8+. The summed E-state index contributed by atoms with van der Waals surface area (Å²) in [5, 5.41) is 2.87. The zero-order valence-electron chi connectivity index (χ0n) is 11.1. The van der Waals surface area contributed by atoms with Gasteiger partial charge in [-0.2, -0.15) is 0 Å². The summed E-state index contributed by atoms with van der Waals surface area (Å²) >= 11 is 0. The van der Waals surface area contributed by atoms with Crippen molar-refractivity contribution in [3.05, 3.63) is 23.8 Å². The summed E-state index contributed by atoms with van der Waals surface area (Å²) in [5.74, 6) is 0.0709. The molecular formula is C14H25NO. The first kappa shape index (κ1) is 14.9. The van der Waals surface area contributed by atoms with Gasteiger partial charge in [0.2, 0.25) is 5.91 Å². The predicted molar refractivity (Wildman–Crippen MR) is 70.3 cm³/mol. The molecular weight excluding hydrogens is 198 g/mol. The largest absolute Gasteiger partial charge is 0.354 e. The first-order valence-corrected chi connectivity index (χ1v) is 6.07. The maximum atomic E-state index is 11.4. The van der Waals surface area contributed by atoms with Crippen LogP contribution in [0.3, 0.4) is 0 Å². The molecule has 0 fully saturated rings. The van der Waals surface area contributed by atoms with Gasteiger partial charge in [0.25, 0.3) is 0 Å². The number of carbonyl (C=O) groups is 1. The molecule has 0 aliphatic rings. The number of hydrogen-bond acceptors (Lipinski definition) is 1. The summed E-state index contributed by atoms with van der Waals surface area (Å²) in [4.78, 5) is 11.4. The van der Waals surface area contributed by atoms with E-state index in [0.29, 0.717) is 6.42 Å². The normalized spacial score (nSPS) is 11.7. The van der Waals surface area contributed by atoms with Crippen LogP contribution in [0.1, 0.15) is 53.4 Å². The maximum Gasteiger partial charge on any atom is 0.224 e. The molecule has 0 aromatic carbocycles. The molecule has 16 heavy (non-hydrogen) atoms. The van der Waals surface area contributed by atoms with Gasteiger partial charge in [0.05, 0.1) is 0 Å². The van der Waals surface area contributed by atoms with E-state index in [0.717, 1.165) is 18.4 Å². The Morgan fingerprint density at radius 2 is 2.06 bits per heavy atom. The molecule has 0 saturated carbocycles. The molecule has 0 aliphatic heterocycles. The molecule has 0 bridgehead atoms. The maximum absolute atomic E-state index is 11.4. The van der Waals surface area contributed by atoms with E-state index in [9.17, 15) is 4.79 Å². The number of rotatable bonds is 7. The zero-order chi connectivity index (χ0) is 12.6. The van der Waals surface area contributed by atoms with E-state index in [1.807, 2.05) is 13.8 Å². The summed E-state index contributed by atoms with van der Waals surface area (Å²) in [6.07, 6.45) is 5.73. The second-order valence-corrected chi connectivity index (χ2v) is 4.65. The molecule has 0 unspecified atom stereocenters. The van der Waals surface area contributed by atoms with Crippen molar-refractivity contribution in [1.29, 1.82) is 0 Å². The van der Waals surface area contributed by atoms with Gasteiger partial charge in [-0.3, -0.25) is 4.79 Å². The molecule has 2 nitrogen and oxygen atoms in total. The SMILES string of the molecule is C=C(C/C=C(\C)CCC)CC(=O)NC(C)C. The Morgan fingerprint density at radius 1 is 1.44 bits per heavy atom. The van der Waals surface area contributed by atoms with Crippen LogP contribution < -0.4 is 5.32 Å². The lowest BCUT2D eigenvalue weighted by molar-refractivity contribution is -0.120. The highest BCUT2D eigenvalue weighted by atomic mass is 16.1. The van der Waals surface area contributed by atoms with Crippen molar-refractivity contribution < 1.29 is 4.79 Å². The van der Waals surface area contributed by atoms with Gasteiger partial charge in [-0.15, -0.1) is 0 Å². The van der Waals surface area contributed by atoms with Gasteiger partial charge in [0.1, 0.15) is 0 Å². The van der Waals surface area contributed by atoms with Crippen LogP contribution >= 0.6 is 0 Å². The van der Waals surface area contributed by atoms with Crippen molar-refractivity contribution in [2.75, 3.05) is 0 Å². The Hall–Kier alpha value is -1.05. The number of carbonyl (C=O) groups excluding carboxylic acids is 1. The Kier molecular flexibility index (Phi) is 7.61. The second-order valence-electron chi connectivity index (χ2n) is 4.65. The first-order valence-electron chi connectivity index (χ1n) is 6.07. The van der Waals surface area contributed by atoms with Crippen molar-refractivity contribution in [1.82, 2.24) is 5.32 Å². The van der Waals surface area contributed by atoms with E-state index in [2.05, 4.69) is 31.8 Å². The summed E-state index contributed by atoms with van der Waals surface area (Å²) in [5.41, 5.74) is 2.36. The van der Waals surface area contributed by atoms with Gasteiger partial charge in [-0.25, -0.2) is 0 Å². The molecule has 0 aromatic rings. The fourth-order valence-electron chi connectivity index (χ4n) is 1.49. The lowest BCUT2D eigenvalue weighted by atomic mass is 10.1. The molecule has 2 heteroatoms. The minimum Gasteiger partial charge on any atom is -0.354 e. The molecule has 0 spiro atoms. The van der Waals surface area contributed by atoms with Crippen LogP contribution in [0.15, 0.2) is 23.8 Å². The van der Waals surface area contributed by atoms with Crippen LogP contribution in [0.2, 0.25) is 0 Å². The van der Waals surface area contributed by atoms with Crippen molar-refractivity contribution in [2.45, 2.75) is 59.4 Å². The van der Waals surface area contributed by atoms with Gasteiger partial charge in [-0.05, 0) is 33.6 Å². The van der Waals surface area contributed by atoms with E-state index < -0.39 is 0 Å². The predicted octanol–water partition coefficient (Wildman–Crippen LogP) is 3.59. The van der Waals surface area contributed by atoms with E-state index in [1.165, 1.54) is 12.0 Å². The third-order valence-electron chi connectivity index (χ3n) is 2.24. The highest BCUT2D eigenvalue weighted by Gasteiger charge is 2.04. The van der Waals surface area contributed by atoms with Crippen LogP contribution in [-0.2, 0) is 4.79 Å². The fourth-order valence-corrected chi connectivity index (χ4v) is 1.49. The molecule has 1 N–H and O–H groups in total. The van der Waals surface area contributed by atoms with Gasteiger partial charge in [0.15, 0.2) is 0 Å². The highest BCUT2D eigenvalue weighted by Crippen LogP contribution is 2.10. The zero-order valence-corrected chi connectivity index (χ0v) is 11.1. The van der Waals surface area contributed by atoms with Gasteiger partial charge in [0, 0.05) is 12.5 Å². The van der Waals surface area contributed by atoms with Crippen LogP contribution in [0.4, 0.5) is 0 Å². The molecule has 0 atom stereocenters. The van der Waals surface area contributed by atoms with E-state index in [-0.39, 0.29) is 11.9 Å². The molecule has 0 saturated heterocycles. The van der Waals surface area contributed by atoms with Crippen LogP contribution in [0, 0.1) is 0 Å². The molecule has 0 aliphatic carbocycles. The topological polar surface area (TPSA) is 29.1 Å². The van der Waals surface area contributed by atoms with Crippen molar-refractivity contribution in [3.8, 4) is 0 Å². The number of amides is 1. The fraction of sp³-hybridized carbons (Fsp3) is 0.643. The monoisotopic (exact) mass is 223 g/mol. The number of hydrogen-bond donors (Lipinski definition) is 1. The smallest absolute Gasteiger partial charge is 0.224 e. The third kappa shape index (κ3) is 8.27. The van der Waals surface area contributed by atoms with E-state index in [4.69, 9.17) is 0 Å². The molecule has 0 rings (SSSR count). The molecule has 0 radical (unpaired) electrons. The molecule has 0 heterocycles. The Bertz CT molecular complexity index is 264. The summed E-state index contributed by atoms with van der Waals surface area (Å²) in [7, 11) is 0. The average Bonchev–Trinajstić information content (AvgIpc) is 2.13. The highest BCUT2D eigenvalue weighted by molar-refractivity contribution is 5.78. The first-order chi connectivity index (χ1) is 7.45. The van der Waals surface area contributed by atoms with Crippen LogP contribution in [0.25, 0.3) is 0 Å². The second kappa shape index (κ2) is 8.14. The van der Waals surface area contributed by atoms with Gasteiger partial charge < -0.3 is 5.32 Å². The van der Waals surface area contributed by atoms with Crippen molar-refractivity contribution >= 4 is 5.91 Å². The molecule has 0 aromatic heterocycles. The van der Waals surface area contributed by atoms with Gasteiger partial charge >= 0.3 is 0 Å². The summed E-state index contributed by atoms with van der Waals surface area (Å²) in [6.45, 7) is 12.2. The van der Waals surface area contributed by atoms with E-state index >= 15 is 0 Å².